The Hall–Kier alpha value is -3.10. The number of rotatable bonds is 10. The molecule has 200 valence electrons. The maximum Gasteiger partial charge on any atom is 0.410 e. The molecule has 0 aromatic heterocycles. The van der Waals surface area contributed by atoms with E-state index in [4.69, 9.17) is 9.47 Å². The zero-order chi connectivity index (χ0) is 26.9. The Morgan fingerprint density at radius 1 is 1.11 bits per heavy atom. The SMILES string of the molecule is CCC(C)[C@H](NC(=O)[C@@H]1CCCN1C(=O)OC(C)(C)C)C(=O)N[C@@H](CCc1ccccc1)C(=O)OC. The van der Waals surface area contributed by atoms with Gasteiger partial charge in [-0.2, -0.15) is 0 Å². The molecule has 36 heavy (non-hydrogen) atoms. The predicted molar refractivity (Wildman–Crippen MR) is 136 cm³/mol. The first-order valence-corrected chi connectivity index (χ1v) is 12.7. The molecule has 0 saturated carbocycles. The summed E-state index contributed by atoms with van der Waals surface area (Å²) in [6.45, 7) is 9.52. The van der Waals surface area contributed by atoms with Gasteiger partial charge in [0.2, 0.25) is 11.8 Å². The van der Waals surface area contributed by atoms with Gasteiger partial charge in [0.1, 0.15) is 23.7 Å². The van der Waals surface area contributed by atoms with Crippen molar-refractivity contribution in [3.05, 3.63) is 35.9 Å². The predicted octanol–water partition coefficient (Wildman–Crippen LogP) is 3.21. The summed E-state index contributed by atoms with van der Waals surface area (Å²) in [6.07, 6.45) is 2.18. The smallest absolute Gasteiger partial charge is 0.410 e. The van der Waals surface area contributed by atoms with Gasteiger partial charge in [-0.1, -0.05) is 50.6 Å². The van der Waals surface area contributed by atoms with Gasteiger partial charge in [0.15, 0.2) is 0 Å². The van der Waals surface area contributed by atoms with Crippen molar-refractivity contribution in [3.8, 4) is 0 Å². The van der Waals surface area contributed by atoms with E-state index in [1.165, 1.54) is 12.0 Å². The van der Waals surface area contributed by atoms with Crippen LogP contribution in [0.25, 0.3) is 0 Å². The number of carbonyl (C=O) groups is 4. The zero-order valence-corrected chi connectivity index (χ0v) is 22.3. The average molecular weight is 504 g/mol. The molecule has 9 nitrogen and oxygen atoms in total. The van der Waals surface area contributed by atoms with Crippen molar-refractivity contribution in [1.29, 1.82) is 0 Å². The van der Waals surface area contributed by atoms with Crippen molar-refractivity contribution in [2.24, 2.45) is 5.92 Å². The zero-order valence-electron chi connectivity index (χ0n) is 22.3. The van der Waals surface area contributed by atoms with E-state index in [9.17, 15) is 19.2 Å². The van der Waals surface area contributed by atoms with Gasteiger partial charge in [-0.15, -0.1) is 0 Å². The molecule has 1 aromatic rings. The van der Waals surface area contributed by atoms with Crippen molar-refractivity contribution in [2.45, 2.75) is 90.4 Å². The fourth-order valence-electron chi connectivity index (χ4n) is 4.14. The van der Waals surface area contributed by atoms with Crippen LogP contribution < -0.4 is 10.6 Å². The van der Waals surface area contributed by atoms with Crippen molar-refractivity contribution >= 4 is 23.9 Å². The number of aryl methyl sites for hydroxylation is 1. The third-order valence-electron chi connectivity index (χ3n) is 6.34. The van der Waals surface area contributed by atoms with Crippen LogP contribution in [0.3, 0.4) is 0 Å². The van der Waals surface area contributed by atoms with Crippen LogP contribution in [0.15, 0.2) is 30.3 Å². The molecular formula is C27H41N3O6. The first-order chi connectivity index (χ1) is 17.0. The summed E-state index contributed by atoms with van der Waals surface area (Å²) < 4.78 is 10.4. The van der Waals surface area contributed by atoms with Gasteiger partial charge >= 0.3 is 12.1 Å². The van der Waals surface area contributed by atoms with Crippen LogP contribution in [0.2, 0.25) is 0 Å². The minimum absolute atomic E-state index is 0.197. The van der Waals surface area contributed by atoms with Crippen LogP contribution in [-0.2, 0) is 30.3 Å². The fourth-order valence-corrected chi connectivity index (χ4v) is 4.14. The van der Waals surface area contributed by atoms with Crippen molar-refractivity contribution in [3.63, 3.8) is 0 Å². The largest absolute Gasteiger partial charge is 0.467 e. The van der Waals surface area contributed by atoms with Gasteiger partial charge in [-0.3, -0.25) is 14.5 Å². The van der Waals surface area contributed by atoms with Crippen molar-refractivity contribution in [1.82, 2.24) is 15.5 Å². The summed E-state index contributed by atoms with van der Waals surface area (Å²) in [7, 11) is 1.28. The van der Waals surface area contributed by atoms with Gasteiger partial charge in [-0.05, 0) is 57.9 Å². The minimum atomic E-state index is -0.868. The number of benzene rings is 1. The van der Waals surface area contributed by atoms with Gasteiger partial charge in [-0.25, -0.2) is 9.59 Å². The number of nitrogens with zero attached hydrogens (tertiary/aromatic N) is 1. The number of likely N-dealkylation sites (tertiary alicyclic amines) is 1. The lowest BCUT2D eigenvalue weighted by atomic mass is 9.96. The van der Waals surface area contributed by atoms with E-state index in [0.29, 0.717) is 38.6 Å². The first-order valence-electron chi connectivity index (χ1n) is 12.7. The molecule has 1 aliphatic rings. The van der Waals surface area contributed by atoms with Crippen molar-refractivity contribution in [2.75, 3.05) is 13.7 Å². The molecule has 9 heteroatoms. The summed E-state index contributed by atoms with van der Waals surface area (Å²) in [5, 5.41) is 5.62. The Balaban J connectivity index is 2.11. The third kappa shape index (κ3) is 8.53. The summed E-state index contributed by atoms with van der Waals surface area (Å²) in [4.78, 5) is 53.0. The molecule has 1 fully saturated rings. The Bertz CT molecular complexity index is 899. The number of nitrogens with one attached hydrogen (secondary N) is 2. The molecule has 3 amide bonds. The molecule has 1 aliphatic heterocycles. The highest BCUT2D eigenvalue weighted by Crippen LogP contribution is 2.22. The molecule has 1 aromatic carbocycles. The Morgan fingerprint density at radius 3 is 2.36 bits per heavy atom. The van der Waals surface area contributed by atoms with E-state index in [2.05, 4.69) is 10.6 Å². The molecule has 2 N–H and O–H groups in total. The second-order valence-electron chi connectivity index (χ2n) is 10.3. The molecule has 0 aliphatic carbocycles. The average Bonchev–Trinajstić information content (AvgIpc) is 3.34. The molecule has 0 bridgehead atoms. The van der Waals surface area contributed by atoms with E-state index in [-0.39, 0.29) is 5.92 Å². The van der Waals surface area contributed by atoms with Crippen LogP contribution in [-0.4, -0.2) is 66.2 Å². The molecule has 1 saturated heterocycles. The lowest BCUT2D eigenvalue weighted by Gasteiger charge is -2.30. The highest BCUT2D eigenvalue weighted by atomic mass is 16.6. The van der Waals surface area contributed by atoms with Gasteiger partial charge < -0.3 is 20.1 Å². The molecule has 2 rings (SSSR count). The maximum absolute atomic E-state index is 13.3. The second kappa shape index (κ2) is 13.3. The van der Waals surface area contributed by atoms with Crippen LogP contribution in [0.4, 0.5) is 4.79 Å². The Kier molecular flexibility index (Phi) is 10.7. The second-order valence-corrected chi connectivity index (χ2v) is 10.3. The molecule has 1 heterocycles. The van der Waals surface area contributed by atoms with Crippen LogP contribution >= 0.6 is 0 Å². The van der Waals surface area contributed by atoms with E-state index < -0.39 is 47.6 Å². The maximum atomic E-state index is 13.3. The van der Waals surface area contributed by atoms with Gasteiger partial charge in [0.05, 0.1) is 7.11 Å². The van der Waals surface area contributed by atoms with E-state index in [1.54, 1.807) is 20.8 Å². The number of amides is 3. The number of hydrogen-bond donors (Lipinski definition) is 2. The van der Waals surface area contributed by atoms with E-state index in [1.807, 2.05) is 44.2 Å². The molecule has 0 spiro atoms. The van der Waals surface area contributed by atoms with Gasteiger partial charge in [0, 0.05) is 6.54 Å². The third-order valence-corrected chi connectivity index (χ3v) is 6.34. The molecule has 0 radical (unpaired) electrons. The highest BCUT2D eigenvalue weighted by molar-refractivity contribution is 5.93. The van der Waals surface area contributed by atoms with Crippen LogP contribution in [0.5, 0.6) is 0 Å². The van der Waals surface area contributed by atoms with Crippen LogP contribution in [0, 0.1) is 5.92 Å². The highest BCUT2D eigenvalue weighted by Gasteiger charge is 2.39. The Morgan fingerprint density at radius 2 is 1.78 bits per heavy atom. The number of methoxy groups -OCH3 is 1. The summed E-state index contributed by atoms with van der Waals surface area (Å²) in [5.41, 5.74) is 0.360. The summed E-state index contributed by atoms with van der Waals surface area (Å²) in [5.74, 6) is -1.60. The fraction of sp³-hybridized carbons (Fsp3) is 0.630. The first kappa shape index (κ1) is 29.1. The molecule has 4 atom stereocenters. The summed E-state index contributed by atoms with van der Waals surface area (Å²) in [6, 6.07) is 7.22. The minimum Gasteiger partial charge on any atom is -0.467 e. The lowest BCUT2D eigenvalue weighted by Crippen LogP contribution is -2.57. The van der Waals surface area contributed by atoms with E-state index >= 15 is 0 Å². The van der Waals surface area contributed by atoms with Gasteiger partial charge in [0.25, 0.3) is 0 Å². The number of carbonyl (C=O) groups excluding carboxylic acids is 4. The monoisotopic (exact) mass is 503 g/mol. The number of hydrogen-bond acceptors (Lipinski definition) is 6. The van der Waals surface area contributed by atoms with E-state index in [0.717, 1.165) is 5.56 Å². The summed E-state index contributed by atoms with van der Waals surface area (Å²) >= 11 is 0. The molecular weight excluding hydrogens is 462 g/mol. The van der Waals surface area contributed by atoms with Crippen LogP contribution in [0.1, 0.15) is 65.9 Å². The topological polar surface area (TPSA) is 114 Å². The lowest BCUT2D eigenvalue weighted by molar-refractivity contribution is -0.145. The number of ether oxygens (including phenoxy) is 2. The molecule has 1 unspecified atom stereocenters. The normalized spacial score (nSPS) is 18.1. The quantitative estimate of drug-likeness (QED) is 0.474. The number of esters is 1. The standard InChI is InChI=1S/C27H41N3O6/c1-7-18(2)22(29-23(31)21-14-11-17-30(21)26(34)36-27(3,4)5)24(32)28-20(25(33)35-6)16-15-19-12-9-8-10-13-19/h8-10,12-13,18,20-22H,7,11,14-17H2,1-6H3,(H,28,32)(H,29,31)/t18?,20-,21-,22-/m0/s1. The van der Waals surface area contributed by atoms with Crippen molar-refractivity contribution < 1.29 is 28.7 Å². The Labute approximate surface area is 214 Å².